The summed E-state index contributed by atoms with van der Waals surface area (Å²) in [6.45, 7) is 5.38. The lowest BCUT2D eigenvalue weighted by molar-refractivity contribution is -0.117. The highest BCUT2D eigenvalue weighted by atomic mass is 32.2. The molecule has 3 aromatic carbocycles. The predicted molar refractivity (Wildman–Crippen MR) is 142 cm³/mol. The van der Waals surface area contributed by atoms with Crippen LogP contribution in [-0.4, -0.2) is 45.7 Å². The fourth-order valence-electron chi connectivity index (χ4n) is 3.84. The molecule has 202 valence electrons. The van der Waals surface area contributed by atoms with Gasteiger partial charge in [-0.2, -0.15) is 8.42 Å². The van der Waals surface area contributed by atoms with Crippen LogP contribution in [0.15, 0.2) is 54.6 Å². The number of rotatable bonds is 8. The molecule has 1 aliphatic heterocycles. The van der Waals surface area contributed by atoms with E-state index >= 15 is 4.39 Å². The molecule has 1 saturated heterocycles. The molecule has 12 heteroatoms. The van der Waals surface area contributed by atoms with Crippen molar-refractivity contribution in [1.82, 2.24) is 10.0 Å². The predicted octanol–water partition coefficient (Wildman–Crippen LogP) is 3.68. The largest absolute Gasteiger partial charge is 0.487 e. The van der Waals surface area contributed by atoms with E-state index in [0.29, 0.717) is 21.9 Å². The zero-order valence-corrected chi connectivity index (χ0v) is 22.0. The number of benzene rings is 3. The average Bonchev–Trinajstić information content (AvgIpc) is 3.11. The van der Waals surface area contributed by atoms with Crippen LogP contribution in [0, 0.1) is 5.82 Å². The van der Waals surface area contributed by atoms with Crippen molar-refractivity contribution < 1.29 is 31.9 Å². The lowest BCUT2D eigenvalue weighted by Crippen LogP contribution is -2.34. The van der Waals surface area contributed by atoms with Gasteiger partial charge in [0, 0.05) is 24.2 Å². The summed E-state index contributed by atoms with van der Waals surface area (Å²) in [4.78, 5) is 23.7. The molecule has 1 fully saturated rings. The van der Waals surface area contributed by atoms with E-state index in [1.165, 1.54) is 6.07 Å². The molecule has 4 rings (SSSR count). The van der Waals surface area contributed by atoms with Gasteiger partial charge >= 0.3 is 16.3 Å². The molecule has 0 aliphatic carbocycles. The van der Waals surface area contributed by atoms with Gasteiger partial charge in [-0.1, -0.05) is 36.4 Å². The molecule has 10 nitrogen and oxygen atoms in total. The van der Waals surface area contributed by atoms with Crippen LogP contribution in [0.4, 0.5) is 20.6 Å². The topological polar surface area (TPSA) is 126 Å². The van der Waals surface area contributed by atoms with Crippen LogP contribution >= 0.6 is 0 Å². The van der Waals surface area contributed by atoms with Crippen LogP contribution in [0.3, 0.4) is 0 Å². The Morgan fingerprint density at radius 1 is 1.11 bits per heavy atom. The fourth-order valence-corrected chi connectivity index (χ4v) is 5.00. The zero-order valence-electron chi connectivity index (χ0n) is 21.2. The lowest BCUT2D eigenvalue weighted by Gasteiger charge is -2.21. The number of nitrogens with zero attached hydrogens (tertiary/aromatic N) is 1. The summed E-state index contributed by atoms with van der Waals surface area (Å²) < 4.78 is 54.7. The SMILES string of the molecule is CC(C)(C)OC(=O)NCCNc1ccc2cc(OCc3ccccc3)c(N3CC(=O)NS3(=O)=O)c(F)c2c1. The smallest absolute Gasteiger partial charge is 0.407 e. The van der Waals surface area contributed by atoms with E-state index < -0.39 is 40.2 Å². The molecule has 3 aromatic rings. The van der Waals surface area contributed by atoms with Gasteiger partial charge in [0.25, 0.3) is 5.91 Å². The highest BCUT2D eigenvalue weighted by molar-refractivity contribution is 7.92. The van der Waals surface area contributed by atoms with Crippen molar-refractivity contribution >= 4 is 44.4 Å². The highest BCUT2D eigenvalue weighted by Crippen LogP contribution is 2.40. The number of amides is 2. The molecule has 0 unspecified atom stereocenters. The maximum absolute atomic E-state index is 16.0. The quantitative estimate of drug-likeness (QED) is 0.370. The maximum Gasteiger partial charge on any atom is 0.407 e. The van der Waals surface area contributed by atoms with Gasteiger partial charge in [0.05, 0.1) is 0 Å². The molecule has 0 spiro atoms. The summed E-state index contributed by atoms with van der Waals surface area (Å²) in [5.74, 6) is -1.63. The first-order valence-electron chi connectivity index (χ1n) is 11.9. The van der Waals surface area contributed by atoms with Crippen molar-refractivity contribution in [2.45, 2.75) is 33.0 Å². The Kier molecular flexibility index (Phi) is 7.63. The van der Waals surface area contributed by atoms with Crippen molar-refractivity contribution in [3.05, 3.63) is 66.0 Å². The van der Waals surface area contributed by atoms with E-state index in [2.05, 4.69) is 10.6 Å². The van der Waals surface area contributed by atoms with E-state index in [0.717, 1.165) is 5.56 Å². The second kappa shape index (κ2) is 10.7. The number of fused-ring (bicyclic) bond motifs is 1. The van der Waals surface area contributed by atoms with Gasteiger partial charge in [-0.15, -0.1) is 0 Å². The van der Waals surface area contributed by atoms with Crippen molar-refractivity contribution in [1.29, 1.82) is 0 Å². The zero-order chi connectivity index (χ0) is 27.5. The van der Waals surface area contributed by atoms with Gasteiger partial charge in [-0.25, -0.2) is 18.2 Å². The average molecular weight is 545 g/mol. The molecule has 1 aliphatic rings. The minimum Gasteiger partial charge on any atom is -0.487 e. The van der Waals surface area contributed by atoms with Gasteiger partial charge in [0.2, 0.25) is 0 Å². The summed E-state index contributed by atoms with van der Waals surface area (Å²) in [7, 11) is -4.29. The first kappa shape index (κ1) is 27.0. The van der Waals surface area contributed by atoms with Gasteiger partial charge in [-0.3, -0.25) is 4.79 Å². The Hall–Kier alpha value is -4.06. The van der Waals surface area contributed by atoms with Crippen molar-refractivity contribution in [3.8, 4) is 5.75 Å². The normalized spacial score (nSPS) is 14.7. The molecule has 38 heavy (non-hydrogen) atoms. The van der Waals surface area contributed by atoms with Gasteiger partial charge in [-0.05, 0) is 49.9 Å². The van der Waals surface area contributed by atoms with Crippen LogP contribution in [0.2, 0.25) is 0 Å². The van der Waals surface area contributed by atoms with Gasteiger partial charge in [0.1, 0.15) is 30.2 Å². The van der Waals surface area contributed by atoms with Gasteiger partial charge < -0.3 is 20.1 Å². The molecule has 0 bridgehead atoms. The Morgan fingerprint density at radius 2 is 1.84 bits per heavy atom. The van der Waals surface area contributed by atoms with Crippen molar-refractivity contribution in [2.24, 2.45) is 0 Å². The molecule has 0 saturated carbocycles. The highest BCUT2D eigenvalue weighted by Gasteiger charge is 2.38. The minimum absolute atomic E-state index is 0.0128. The molecular formula is C26H29FN4O6S. The van der Waals surface area contributed by atoms with E-state index in [4.69, 9.17) is 9.47 Å². The van der Waals surface area contributed by atoms with E-state index in [1.807, 2.05) is 35.1 Å². The minimum atomic E-state index is -4.29. The second-order valence-electron chi connectivity index (χ2n) is 9.64. The van der Waals surface area contributed by atoms with E-state index in [-0.39, 0.29) is 30.0 Å². The number of anilines is 2. The van der Waals surface area contributed by atoms with Crippen molar-refractivity contribution in [2.75, 3.05) is 29.3 Å². The number of nitrogens with one attached hydrogen (secondary N) is 3. The number of halogens is 1. The third-order valence-corrected chi connectivity index (χ3v) is 6.82. The van der Waals surface area contributed by atoms with Crippen molar-refractivity contribution in [3.63, 3.8) is 0 Å². The molecule has 0 atom stereocenters. The second-order valence-corrected chi connectivity index (χ2v) is 11.2. The van der Waals surface area contributed by atoms with Crippen LogP contribution in [-0.2, 0) is 26.3 Å². The Morgan fingerprint density at radius 3 is 2.50 bits per heavy atom. The Bertz CT molecular complexity index is 1460. The molecule has 1 heterocycles. The van der Waals surface area contributed by atoms with Crippen LogP contribution in [0.5, 0.6) is 5.75 Å². The standard InChI is InChI=1S/C26H29FN4O6S/c1-26(2,3)37-25(33)29-12-11-28-19-10-9-18-13-21(36-16-17-7-5-4-6-8-17)24(23(27)20(18)14-19)31-15-22(32)30-38(31,34)35/h4-10,13-14,28H,11-12,15-16H2,1-3H3,(H,29,33)(H,30,32). The molecular weight excluding hydrogens is 515 g/mol. The summed E-state index contributed by atoms with van der Waals surface area (Å²) in [6, 6.07) is 15.6. The Labute approximate surface area is 220 Å². The third-order valence-electron chi connectivity index (χ3n) is 5.45. The molecule has 3 N–H and O–H groups in total. The molecule has 0 aromatic heterocycles. The number of alkyl carbamates (subject to hydrolysis) is 1. The van der Waals surface area contributed by atoms with E-state index in [9.17, 15) is 18.0 Å². The van der Waals surface area contributed by atoms with Crippen LogP contribution < -0.4 is 24.4 Å². The summed E-state index contributed by atoms with van der Waals surface area (Å²) >= 11 is 0. The number of hydrogen-bond donors (Lipinski definition) is 3. The number of ether oxygens (including phenoxy) is 2. The lowest BCUT2D eigenvalue weighted by atomic mass is 10.1. The maximum atomic E-state index is 16.0. The third kappa shape index (κ3) is 6.43. The monoisotopic (exact) mass is 544 g/mol. The summed E-state index contributed by atoms with van der Waals surface area (Å²) in [5, 5.41) is 6.32. The first-order chi connectivity index (χ1) is 17.9. The summed E-state index contributed by atoms with van der Waals surface area (Å²) in [6.07, 6.45) is -0.550. The molecule has 0 radical (unpaired) electrons. The van der Waals surface area contributed by atoms with Gasteiger partial charge in [0.15, 0.2) is 5.82 Å². The van der Waals surface area contributed by atoms with Crippen LogP contribution in [0.25, 0.3) is 10.8 Å². The molecule has 2 amide bonds. The van der Waals surface area contributed by atoms with Crippen LogP contribution in [0.1, 0.15) is 26.3 Å². The number of hydrogen-bond acceptors (Lipinski definition) is 7. The van der Waals surface area contributed by atoms with E-state index in [1.54, 1.807) is 39.0 Å². The Balaban J connectivity index is 1.60. The fraction of sp³-hybridized carbons (Fsp3) is 0.308. The number of carbonyl (C=O) groups excluding carboxylic acids is 2. The number of carbonyl (C=O) groups is 2. The summed E-state index contributed by atoms with van der Waals surface area (Å²) in [5.41, 5.74) is 0.384. The first-order valence-corrected chi connectivity index (χ1v) is 13.3.